The molecule has 0 aliphatic heterocycles. The Bertz CT molecular complexity index is 762. The third kappa shape index (κ3) is 5.21. The average Bonchev–Trinajstić information content (AvgIpc) is 3.01. The minimum atomic E-state index is -0.322. The molecule has 1 atom stereocenters. The van der Waals surface area contributed by atoms with Gasteiger partial charge >= 0.3 is 5.97 Å². The molecule has 2 N–H and O–H groups in total. The molecule has 0 aromatic carbocycles. The molecule has 0 bridgehead atoms. The summed E-state index contributed by atoms with van der Waals surface area (Å²) in [5.41, 5.74) is 0. The van der Waals surface area contributed by atoms with E-state index in [1.54, 1.807) is 19.9 Å². The average molecular weight is 363 g/mol. The van der Waals surface area contributed by atoms with Gasteiger partial charge in [-0.15, -0.1) is 11.3 Å². The fraction of sp³-hybridized carbons (Fsp3) is 0.438. The van der Waals surface area contributed by atoms with Crippen LogP contribution >= 0.6 is 11.3 Å². The molecule has 134 valence electrons. The molecule has 0 aliphatic carbocycles. The topological polar surface area (TPSA) is 106 Å². The van der Waals surface area contributed by atoms with E-state index < -0.39 is 0 Å². The molecular weight excluding hydrogens is 342 g/mol. The number of anilines is 2. The molecule has 0 radical (unpaired) electrons. The Morgan fingerprint density at radius 1 is 1.20 bits per heavy atom. The Hall–Kier alpha value is -2.55. The highest BCUT2D eigenvalue weighted by molar-refractivity contribution is 7.14. The predicted molar refractivity (Wildman–Crippen MR) is 95.8 cm³/mol. The molecule has 0 fully saturated rings. The van der Waals surface area contributed by atoms with E-state index in [0.29, 0.717) is 23.3 Å². The Morgan fingerprint density at radius 2 is 1.92 bits per heavy atom. The summed E-state index contributed by atoms with van der Waals surface area (Å²) in [5.74, 6) is 0.498. The number of carbonyl (C=O) groups excluding carboxylic acids is 2. The van der Waals surface area contributed by atoms with Crippen molar-refractivity contribution in [3.63, 3.8) is 0 Å². The summed E-state index contributed by atoms with van der Waals surface area (Å²) in [6.07, 6.45) is 0.767. The zero-order valence-electron chi connectivity index (χ0n) is 14.6. The predicted octanol–water partition coefficient (Wildman–Crippen LogP) is 2.94. The molecule has 25 heavy (non-hydrogen) atoms. The summed E-state index contributed by atoms with van der Waals surface area (Å²) in [4.78, 5) is 37.1. The standard InChI is InChI=1S/C16H21N5O3S/c1-5-11(12-7-8-13(25-12)14(23)24-6-2)20-16-18-9(3)17-15(21-16)19-10(4)22/h7-8,11H,5-6H2,1-4H3,(H2,17,18,19,20,21,22). The van der Waals surface area contributed by atoms with Crippen molar-refractivity contribution < 1.29 is 14.3 Å². The molecule has 2 aromatic heterocycles. The van der Waals surface area contributed by atoms with Gasteiger partial charge < -0.3 is 10.1 Å². The van der Waals surface area contributed by atoms with Crippen LogP contribution in [0.5, 0.6) is 0 Å². The van der Waals surface area contributed by atoms with Gasteiger partial charge in [-0.05, 0) is 32.4 Å². The number of ether oxygens (including phenoxy) is 1. The minimum Gasteiger partial charge on any atom is -0.462 e. The lowest BCUT2D eigenvalue weighted by Gasteiger charge is -2.16. The zero-order valence-corrected chi connectivity index (χ0v) is 15.4. The summed E-state index contributed by atoms with van der Waals surface area (Å²) in [6, 6.07) is 3.57. The first-order chi connectivity index (χ1) is 11.9. The molecule has 0 saturated heterocycles. The maximum atomic E-state index is 11.8. The van der Waals surface area contributed by atoms with Crippen LogP contribution in [0.1, 0.15) is 53.6 Å². The number of rotatable bonds is 7. The van der Waals surface area contributed by atoms with Crippen molar-refractivity contribution in [2.75, 3.05) is 17.2 Å². The summed E-state index contributed by atoms with van der Waals surface area (Å²) in [7, 11) is 0. The van der Waals surface area contributed by atoms with Crippen molar-refractivity contribution in [1.29, 1.82) is 0 Å². The molecule has 0 spiro atoms. The monoisotopic (exact) mass is 363 g/mol. The van der Waals surface area contributed by atoms with Gasteiger partial charge in [0.15, 0.2) is 0 Å². The molecule has 0 aliphatic rings. The van der Waals surface area contributed by atoms with Gasteiger partial charge in [-0.25, -0.2) is 4.79 Å². The van der Waals surface area contributed by atoms with Gasteiger partial charge in [0.1, 0.15) is 10.7 Å². The van der Waals surface area contributed by atoms with Crippen molar-refractivity contribution in [3.8, 4) is 0 Å². The Morgan fingerprint density at radius 3 is 2.56 bits per heavy atom. The molecule has 2 heterocycles. The number of hydrogen-bond donors (Lipinski definition) is 2. The fourth-order valence-corrected chi connectivity index (χ4v) is 3.18. The highest BCUT2D eigenvalue weighted by Gasteiger charge is 2.17. The van der Waals surface area contributed by atoms with E-state index in [0.717, 1.165) is 11.3 Å². The summed E-state index contributed by atoms with van der Waals surface area (Å²) in [5, 5.41) is 5.78. The van der Waals surface area contributed by atoms with E-state index >= 15 is 0 Å². The number of aromatic nitrogens is 3. The summed E-state index contributed by atoms with van der Waals surface area (Å²) in [6.45, 7) is 7.26. The van der Waals surface area contributed by atoms with Crippen molar-refractivity contribution >= 4 is 35.1 Å². The number of thiophene rings is 1. The third-order valence-electron chi connectivity index (χ3n) is 3.19. The van der Waals surface area contributed by atoms with Crippen LogP contribution in [0.15, 0.2) is 12.1 Å². The number of esters is 1. The van der Waals surface area contributed by atoms with Crippen LogP contribution in [-0.2, 0) is 9.53 Å². The van der Waals surface area contributed by atoms with Crippen LogP contribution < -0.4 is 10.6 Å². The molecule has 2 rings (SSSR count). The first kappa shape index (κ1) is 18.8. The number of nitrogens with one attached hydrogen (secondary N) is 2. The maximum absolute atomic E-state index is 11.8. The lowest BCUT2D eigenvalue weighted by atomic mass is 10.2. The first-order valence-electron chi connectivity index (χ1n) is 7.96. The van der Waals surface area contributed by atoms with Crippen molar-refractivity contribution in [2.45, 2.75) is 40.2 Å². The lowest BCUT2D eigenvalue weighted by molar-refractivity contribution is -0.114. The number of nitrogens with zero attached hydrogens (tertiary/aromatic N) is 3. The van der Waals surface area contributed by atoms with Crippen LogP contribution in [-0.4, -0.2) is 33.4 Å². The second kappa shape index (κ2) is 8.52. The van der Waals surface area contributed by atoms with Crippen LogP contribution in [0.2, 0.25) is 0 Å². The highest BCUT2D eigenvalue weighted by atomic mass is 32.1. The summed E-state index contributed by atoms with van der Waals surface area (Å²) >= 11 is 1.37. The van der Waals surface area contributed by atoms with E-state index in [1.165, 1.54) is 18.3 Å². The van der Waals surface area contributed by atoms with E-state index in [4.69, 9.17) is 4.74 Å². The van der Waals surface area contributed by atoms with Crippen molar-refractivity contribution in [3.05, 3.63) is 27.7 Å². The van der Waals surface area contributed by atoms with E-state index in [2.05, 4.69) is 25.6 Å². The summed E-state index contributed by atoms with van der Waals surface area (Å²) < 4.78 is 5.02. The molecule has 1 amide bonds. The second-order valence-corrected chi connectivity index (χ2v) is 6.35. The van der Waals surface area contributed by atoms with E-state index in [9.17, 15) is 9.59 Å². The van der Waals surface area contributed by atoms with Crippen molar-refractivity contribution in [2.24, 2.45) is 0 Å². The van der Waals surface area contributed by atoms with Gasteiger partial charge in [0, 0.05) is 11.8 Å². The van der Waals surface area contributed by atoms with Crippen LogP contribution in [0, 0.1) is 6.92 Å². The Balaban J connectivity index is 2.18. The fourth-order valence-electron chi connectivity index (χ4n) is 2.14. The largest absolute Gasteiger partial charge is 0.462 e. The molecule has 9 heteroatoms. The molecule has 1 unspecified atom stereocenters. The highest BCUT2D eigenvalue weighted by Crippen LogP contribution is 2.28. The number of hydrogen-bond acceptors (Lipinski definition) is 8. The van der Waals surface area contributed by atoms with E-state index in [1.807, 2.05) is 13.0 Å². The number of carbonyl (C=O) groups is 2. The van der Waals surface area contributed by atoms with Gasteiger partial charge in [-0.2, -0.15) is 15.0 Å². The Kier molecular flexibility index (Phi) is 6.40. The maximum Gasteiger partial charge on any atom is 0.348 e. The molecular formula is C16H21N5O3S. The number of amides is 1. The number of aryl methyl sites for hydroxylation is 1. The first-order valence-corrected chi connectivity index (χ1v) is 8.78. The van der Waals surface area contributed by atoms with Gasteiger partial charge in [-0.1, -0.05) is 6.92 Å². The quantitative estimate of drug-likeness (QED) is 0.728. The van der Waals surface area contributed by atoms with Crippen LogP contribution in [0.3, 0.4) is 0 Å². The third-order valence-corrected chi connectivity index (χ3v) is 4.37. The molecule has 8 nitrogen and oxygen atoms in total. The van der Waals surface area contributed by atoms with Crippen LogP contribution in [0.4, 0.5) is 11.9 Å². The van der Waals surface area contributed by atoms with Crippen LogP contribution in [0.25, 0.3) is 0 Å². The van der Waals surface area contributed by atoms with E-state index in [-0.39, 0.29) is 23.9 Å². The minimum absolute atomic E-state index is 0.0693. The SMILES string of the molecule is CCOC(=O)c1ccc(C(CC)Nc2nc(C)nc(NC(C)=O)n2)s1. The molecule has 2 aromatic rings. The van der Waals surface area contributed by atoms with Gasteiger partial charge in [-0.3, -0.25) is 10.1 Å². The molecule has 0 saturated carbocycles. The normalized spacial score (nSPS) is 11.7. The van der Waals surface area contributed by atoms with Gasteiger partial charge in [0.05, 0.1) is 12.6 Å². The Labute approximate surface area is 150 Å². The van der Waals surface area contributed by atoms with Gasteiger partial charge in [0.2, 0.25) is 17.8 Å². The smallest absolute Gasteiger partial charge is 0.348 e. The second-order valence-electron chi connectivity index (χ2n) is 5.24. The zero-order chi connectivity index (χ0) is 18.4. The van der Waals surface area contributed by atoms with Crippen molar-refractivity contribution in [1.82, 2.24) is 15.0 Å². The van der Waals surface area contributed by atoms with Gasteiger partial charge in [0.25, 0.3) is 0 Å². The lowest BCUT2D eigenvalue weighted by Crippen LogP contribution is -2.15.